The number of hydrogen-bond donors (Lipinski definition) is 2. The maximum atomic E-state index is 11.8. The van der Waals surface area contributed by atoms with E-state index in [0.29, 0.717) is 31.8 Å². The first-order valence-electron chi connectivity index (χ1n) is 6.06. The van der Waals surface area contributed by atoms with Gasteiger partial charge in [-0.15, -0.1) is 0 Å². The summed E-state index contributed by atoms with van der Waals surface area (Å²) in [6.45, 7) is 1.52. The third-order valence-corrected chi connectivity index (χ3v) is 3.04. The number of carbonyl (C=O) groups excluding carboxylic acids is 1. The Morgan fingerprint density at radius 1 is 1.44 bits per heavy atom. The maximum absolute atomic E-state index is 11.8. The lowest BCUT2D eigenvalue weighted by Gasteiger charge is -2.15. The number of aliphatic hydroxyl groups is 1. The Morgan fingerprint density at radius 3 is 2.72 bits per heavy atom. The van der Waals surface area contributed by atoms with Crippen molar-refractivity contribution in [1.82, 2.24) is 4.90 Å². The molecule has 5 nitrogen and oxygen atoms in total. The molecule has 0 bridgehead atoms. The van der Waals surface area contributed by atoms with Crippen LogP contribution in [0.3, 0.4) is 0 Å². The van der Waals surface area contributed by atoms with E-state index in [9.17, 15) is 9.90 Å². The first kappa shape index (κ1) is 12.9. The van der Waals surface area contributed by atoms with Crippen LogP contribution in [-0.4, -0.2) is 41.7 Å². The number of rotatable bonds is 4. The van der Waals surface area contributed by atoms with Gasteiger partial charge >= 0.3 is 0 Å². The van der Waals surface area contributed by atoms with Crippen LogP contribution in [-0.2, 0) is 11.3 Å². The summed E-state index contributed by atoms with van der Waals surface area (Å²) in [5.41, 5.74) is 6.52. The Hall–Kier alpha value is -1.59. The predicted octanol–water partition coefficient (Wildman–Crippen LogP) is 0.117. The Balaban J connectivity index is 1.81. The number of likely N-dealkylation sites (tertiary alicyclic amines) is 1. The summed E-state index contributed by atoms with van der Waals surface area (Å²) < 4.78 is 5.40. The van der Waals surface area contributed by atoms with Crippen LogP contribution in [0.15, 0.2) is 24.3 Å². The number of nitrogens with zero attached hydrogens (tertiary/aromatic N) is 1. The smallest absolute Gasteiger partial charge is 0.260 e. The molecule has 2 rings (SSSR count). The van der Waals surface area contributed by atoms with E-state index < -0.39 is 6.10 Å². The van der Waals surface area contributed by atoms with Gasteiger partial charge in [-0.1, -0.05) is 12.1 Å². The quantitative estimate of drug-likeness (QED) is 0.795. The van der Waals surface area contributed by atoms with Gasteiger partial charge in [0.25, 0.3) is 5.91 Å². The van der Waals surface area contributed by atoms with E-state index in [1.54, 1.807) is 17.0 Å². The van der Waals surface area contributed by atoms with Crippen LogP contribution in [0.5, 0.6) is 5.75 Å². The van der Waals surface area contributed by atoms with Gasteiger partial charge in [-0.3, -0.25) is 4.79 Å². The van der Waals surface area contributed by atoms with Crippen molar-refractivity contribution < 1.29 is 14.6 Å². The first-order chi connectivity index (χ1) is 8.69. The van der Waals surface area contributed by atoms with Crippen molar-refractivity contribution in [1.29, 1.82) is 0 Å². The highest BCUT2D eigenvalue weighted by atomic mass is 16.5. The second-order valence-electron chi connectivity index (χ2n) is 4.42. The highest BCUT2D eigenvalue weighted by Crippen LogP contribution is 2.13. The van der Waals surface area contributed by atoms with Crippen LogP contribution < -0.4 is 10.5 Å². The van der Waals surface area contributed by atoms with E-state index in [4.69, 9.17) is 10.5 Å². The van der Waals surface area contributed by atoms with Crippen molar-refractivity contribution in [2.24, 2.45) is 5.73 Å². The molecule has 1 aromatic rings. The van der Waals surface area contributed by atoms with E-state index in [-0.39, 0.29) is 12.5 Å². The Morgan fingerprint density at radius 2 is 2.17 bits per heavy atom. The van der Waals surface area contributed by atoms with Crippen molar-refractivity contribution in [3.8, 4) is 5.75 Å². The molecular formula is C13H18N2O3. The number of aliphatic hydroxyl groups excluding tert-OH is 1. The number of ether oxygens (including phenoxy) is 1. The lowest BCUT2D eigenvalue weighted by Crippen LogP contribution is -2.33. The molecule has 0 saturated carbocycles. The normalized spacial score (nSPS) is 19.0. The lowest BCUT2D eigenvalue weighted by molar-refractivity contribution is -0.132. The molecule has 3 N–H and O–H groups in total. The molecule has 1 amide bonds. The molecule has 0 radical (unpaired) electrons. The van der Waals surface area contributed by atoms with Gasteiger partial charge in [0.15, 0.2) is 6.61 Å². The average molecular weight is 250 g/mol. The van der Waals surface area contributed by atoms with Crippen molar-refractivity contribution in [2.75, 3.05) is 19.7 Å². The zero-order valence-electron chi connectivity index (χ0n) is 10.2. The van der Waals surface area contributed by atoms with E-state index >= 15 is 0 Å². The molecule has 0 unspecified atom stereocenters. The number of benzene rings is 1. The standard InChI is InChI=1S/C13H18N2O3/c14-7-10-1-3-12(4-2-10)18-9-13(17)15-6-5-11(16)8-15/h1-4,11,16H,5-9,14H2/t11-/m0/s1. The van der Waals surface area contributed by atoms with Gasteiger partial charge in [-0.2, -0.15) is 0 Å². The molecule has 98 valence electrons. The highest BCUT2D eigenvalue weighted by molar-refractivity contribution is 5.78. The second-order valence-corrected chi connectivity index (χ2v) is 4.42. The van der Waals surface area contributed by atoms with Gasteiger partial charge in [0.1, 0.15) is 5.75 Å². The minimum atomic E-state index is -0.391. The molecule has 0 spiro atoms. The lowest BCUT2D eigenvalue weighted by atomic mass is 10.2. The van der Waals surface area contributed by atoms with Crippen LogP contribution in [0.2, 0.25) is 0 Å². The summed E-state index contributed by atoms with van der Waals surface area (Å²) in [6.07, 6.45) is 0.259. The predicted molar refractivity (Wildman–Crippen MR) is 67.0 cm³/mol. The average Bonchev–Trinajstić information content (AvgIpc) is 2.83. The zero-order chi connectivity index (χ0) is 13.0. The van der Waals surface area contributed by atoms with Gasteiger partial charge in [0.2, 0.25) is 0 Å². The monoisotopic (exact) mass is 250 g/mol. The third-order valence-electron chi connectivity index (χ3n) is 3.04. The summed E-state index contributed by atoms with van der Waals surface area (Å²) >= 11 is 0. The fraction of sp³-hybridized carbons (Fsp3) is 0.462. The summed E-state index contributed by atoms with van der Waals surface area (Å²) in [5.74, 6) is 0.565. The van der Waals surface area contributed by atoms with E-state index in [1.165, 1.54) is 0 Å². The maximum Gasteiger partial charge on any atom is 0.260 e. The van der Waals surface area contributed by atoms with Gasteiger partial charge in [0.05, 0.1) is 6.10 Å². The number of nitrogens with two attached hydrogens (primary N) is 1. The van der Waals surface area contributed by atoms with Gasteiger partial charge < -0.3 is 20.5 Å². The number of hydrogen-bond acceptors (Lipinski definition) is 4. The topological polar surface area (TPSA) is 75.8 Å². The SMILES string of the molecule is NCc1ccc(OCC(=O)N2CC[C@H](O)C2)cc1. The molecule has 1 atom stereocenters. The van der Waals surface area contributed by atoms with Crippen molar-refractivity contribution in [2.45, 2.75) is 19.1 Å². The fourth-order valence-electron chi connectivity index (χ4n) is 1.93. The molecule has 1 aromatic carbocycles. The number of carbonyl (C=O) groups is 1. The summed E-state index contributed by atoms with van der Waals surface area (Å²) in [5, 5.41) is 9.34. The van der Waals surface area contributed by atoms with Crippen LogP contribution in [0.1, 0.15) is 12.0 Å². The van der Waals surface area contributed by atoms with Crippen molar-refractivity contribution in [3.63, 3.8) is 0 Å². The second kappa shape index (κ2) is 5.84. The molecular weight excluding hydrogens is 232 g/mol. The van der Waals surface area contributed by atoms with Crippen LogP contribution in [0, 0.1) is 0 Å². The molecule has 1 saturated heterocycles. The number of amides is 1. The summed E-state index contributed by atoms with van der Waals surface area (Å²) in [7, 11) is 0. The zero-order valence-corrected chi connectivity index (χ0v) is 10.2. The van der Waals surface area contributed by atoms with Gasteiger partial charge in [0, 0.05) is 19.6 Å². The minimum absolute atomic E-state index is 0.00862. The Kier molecular flexibility index (Phi) is 4.17. The van der Waals surface area contributed by atoms with Crippen LogP contribution >= 0.6 is 0 Å². The van der Waals surface area contributed by atoms with E-state index in [1.807, 2.05) is 12.1 Å². The van der Waals surface area contributed by atoms with Crippen molar-refractivity contribution in [3.05, 3.63) is 29.8 Å². The van der Waals surface area contributed by atoms with E-state index in [2.05, 4.69) is 0 Å². The van der Waals surface area contributed by atoms with Crippen LogP contribution in [0.4, 0.5) is 0 Å². The first-order valence-corrected chi connectivity index (χ1v) is 6.06. The molecule has 18 heavy (non-hydrogen) atoms. The van der Waals surface area contributed by atoms with Crippen LogP contribution in [0.25, 0.3) is 0 Å². The third kappa shape index (κ3) is 3.21. The molecule has 1 aliphatic rings. The van der Waals surface area contributed by atoms with Gasteiger partial charge in [-0.05, 0) is 24.1 Å². The van der Waals surface area contributed by atoms with Gasteiger partial charge in [-0.25, -0.2) is 0 Å². The summed E-state index contributed by atoms with van der Waals surface area (Å²) in [4.78, 5) is 13.4. The fourth-order valence-corrected chi connectivity index (χ4v) is 1.93. The van der Waals surface area contributed by atoms with Crippen molar-refractivity contribution >= 4 is 5.91 Å². The molecule has 0 aromatic heterocycles. The summed E-state index contributed by atoms with van der Waals surface area (Å²) in [6, 6.07) is 7.35. The Bertz CT molecular complexity index is 405. The molecule has 1 heterocycles. The number of β-amino-alcohol motifs (C(OH)–C–C–N with tert-alkyl or cyclic N) is 1. The molecule has 0 aliphatic carbocycles. The molecule has 1 aliphatic heterocycles. The largest absolute Gasteiger partial charge is 0.484 e. The minimum Gasteiger partial charge on any atom is -0.484 e. The van der Waals surface area contributed by atoms with E-state index in [0.717, 1.165) is 5.56 Å². The Labute approximate surface area is 106 Å². The highest BCUT2D eigenvalue weighted by Gasteiger charge is 2.24. The molecule has 1 fully saturated rings. The molecule has 5 heteroatoms.